The second-order valence-corrected chi connectivity index (χ2v) is 5.95. The Morgan fingerprint density at radius 1 is 1.21 bits per heavy atom. The van der Waals surface area contributed by atoms with Crippen LogP contribution in [0.1, 0.15) is 26.7 Å². The minimum absolute atomic E-state index is 0.720. The third-order valence-corrected chi connectivity index (χ3v) is 4.83. The van der Waals surface area contributed by atoms with Crippen LogP contribution in [0, 0.1) is 5.92 Å². The van der Waals surface area contributed by atoms with Gasteiger partial charge in [0.25, 0.3) is 0 Å². The number of rotatable bonds is 2. The SMILES string of the molecule is CC1CCC(NC2CSCC2C)CN1. The smallest absolute Gasteiger partial charge is 0.0196 e. The molecule has 0 saturated carbocycles. The molecule has 2 saturated heterocycles. The molecule has 2 heterocycles. The van der Waals surface area contributed by atoms with Crippen LogP contribution in [0.25, 0.3) is 0 Å². The summed E-state index contributed by atoms with van der Waals surface area (Å²) in [7, 11) is 0. The first-order valence-electron chi connectivity index (χ1n) is 5.83. The van der Waals surface area contributed by atoms with E-state index in [0.717, 1.165) is 30.6 Å². The van der Waals surface area contributed by atoms with Crippen LogP contribution in [0.4, 0.5) is 0 Å². The maximum Gasteiger partial charge on any atom is 0.0196 e. The van der Waals surface area contributed by atoms with Crippen molar-refractivity contribution < 1.29 is 0 Å². The fourth-order valence-corrected chi connectivity index (χ4v) is 3.74. The van der Waals surface area contributed by atoms with Crippen LogP contribution in [0.2, 0.25) is 0 Å². The van der Waals surface area contributed by atoms with E-state index in [2.05, 4.69) is 36.2 Å². The van der Waals surface area contributed by atoms with Gasteiger partial charge in [0.15, 0.2) is 0 Å². The molecule has 4 atom stereocenters. The number of thioether (sulfide) groups is 1. The number of hydrogen-bond donors (Lipinski definition) is 2. The average Bonchev–Trinajstić information content (AvgIpc) is 2.56. The molecule has 4 unspecified atom stereocenters. The van der Waals surface area contributed by atoms with E-state index in [9.17, 15) is 0 Å². The van der Waals surface area contributed by atoms with Gasteiger partial charge < -0.3 is 10.6 Å². The predicted octanol–water partition coefficient (Wildman–Crippen LogP) is 1.47. The first-order chi connectivity index (χ1) is 6.75. The van der Waals surface area contributed by atoms with Gasteiger partial charge in [-0.15, -0.1) is 0 Å². The molecule has 0 spiro atoms. The second-order valence-electron chi connectivity index (χ2n) is 4.87. The molecule has 82 valence electrons. The number of nitrogens with one attached hydrogen (secondary N) is 2. The predicted molar refractivity (Wildman–Crippen MR) is 63.9 cm³/mol. The molecule has 0 aromatic carbocycles. The molecule has 0 aromatic rings. The molecule has 3 heteroatoms. The van der Waals surface area contributed by atoms with Crippen LogP contribution < -0.4 is 10.6 Å². The lowest BCUT2D eigenvalue weighted by Crippen LogP contribution is -2.51. The lowest BCUT2D eigenvalue weighted by atomic mass is 9.99. The first-order valence-corrected chi connectivity index (χ1v) is 6.98. The topological polar surface area (TPSA) is 24.1 Å². The molecule has 2 N–H and O–H groups in total. The molecule has 0 aromatic heterocycles. The van der Waals surface area contributed by atoms with Crippen LogP contribution in [-0.2, 0) is 0 Å². The van der Waals surface area contributed by atoms with Crippen molar-refractivity contribution in [1.82, 2.24) is 10.6 Å². The molecule has 2 aliphatic rings. The van der Waals surface area contributed by atoms with Gasteiger partial charge in [0.2, 0.25) is 0 Å². The van der Waals surface area contributed by atoms with Crippen molar-refractivity contribution in [2.75, 3.05) is 18.1 Å². The molecule has 2 nitrogen and oxygen atoms in total. The molecule has 2 rings (SSSR count). The van der Waals surface area contributed by atoms with E-state index >= 15 is 0 Å². The quantitative estimate of drug-likeness (QED) is 0.728. The highest BCUT2D eigenvalue weighted by Crippen LogP contribution is 2.24. The van der Waals surface area contributed by atoms with Gasteiger partial charge >= 0.3 is 0 Å². The summed E-state index contributed by atoms with van der Waals surface area (Å²) in [5.41, 5.74) is 0. The van der Waals surface area contributed by atoms with Crippen LogP contribution >= 0.6 is 11.8 Å². The Kier molecular flexibility index (Phi) is 3.74. The van der Waals surface area contributed by atoms with E-state index in [1.165, 1.54) is 24.3 Å². The van der Waals surface area contributed by atoms with E-state index in [4.69, 9.17) is 0 Å². The molecule has 2 fully saturated rings. The van der Waals surface area contributed by atoms with Crippen LogP contribution in [-0.4, -0.2) is 36.2 Å². The average molecular weight is 214 g/mol. The van der Waals surface area contributed by atoms with Crippen molar-refractivity contribution in [3.63, 3.8) is 0 Å². The van der Waals surface area contributed by atoms with Gasteiger partial charge in [-0.3, -0.25) is 0 Å². The summed E-state index contributed by atoms with van der Waals surface area (Å²) in [6.45, 7) is 5.82. The maximum atomic E-state index is 3.80. The van der Waals surface area contributed by atoms with Crippen LogP contribution in [0.15, 0.2) is 0 Å². The van der Waals surface area contributed by atoms with Crippen molar-refractivity contribution in [2.45, 2.75) is 44.8 Å². The molecule has 14 heavy (non-hydrogen) atoms. The van der Waals surface area contributed by atoms with E-state index in [-0.39, 0.29) is 0 Å². The Balaban J connectivity index is 1.74. The zero-order valence-electron chi connectivity index (χ0n) is 9.25. The van der Waals surface area contributed by atoms with Gasteiger partial charge in [0.05, 0.1) is 0 Å². The van der Waals surface area contributed by atoms with Crippen molar-refractivity contribution in [1.29, 1.82) is 0 Å². The van der Waals surface area contributed by atoms with Gasteiger partial charge in [0.1, 0.15) is 0 Å². The van der Waals surface area contributed by atoms with Gasteiger partial charge in [0, 0.05) is 30.4 Å². The normalized spacial score (nSPS) is 44.1. The molecular formula is C11H22N2S. The molecule has 0 radical (unpaired) electrons. The summed E-state index contributed by atoms with van der Waals surface area (Å²) in [4.78, 5) is 0. The highest BCUT2D eigenvalue weighted by molar-refractivity contribution is 7.99. The molecule has 0 bridgehead atoms. The highest BCUT2D eigenvalue weighted by Gasteiger charge is 2.27. The number of hydrogen-bond acceptors (Lipinski definition) is 3. The van der Waals surface area contributed by atoms with Crippen LogP contribution in [0.3, 0.4) is 0 Å². The van der Waals surface area contributed by atoms with Gasteiger partial charge in [-0.1, -0.05) is 6.92 Å². The van der Waals surface area contributed by atoms with Crippen molar-refractivity contribution in [2.24, 2.45) is 5.92 Å². The highest BCUT2D eigenvalue weighted by atomic mass is 32.2. The largest absolute Gasteiger partial charge is 0.313 e. The summed E-state index contributed by atoms with van der Waals surface area (Å²) < 4.78 is 0. The molecule has 2 aliphatic heterocycles. The minimum Gasteiger partial charge on any atom is -0.313 e. The second kappa shape index (κ2) is 4.86. The summed E-state index contributed by atoms with van der Waals surface area (Å²) in [6, 6.07) is 2.21. The summed E-state index contributed by atoms with van der Waals surface area (Å²) in [5.74, 6) is 3.51. The van der Waals surface area contributed by atoms with Gasteiger partial charge in [-0.05, 0) is 31.4 Å². The van der Waals surface area contributed by atoms with E-state index in [1.54, 1.807) is 0 Å². The zero-order valence-corrected chi connectivity index (χ0v) is 10.1. The van der Waals surface area contributed by atoms with E-state index in [1.807, 2.05) is 0 Å². The Hall–Kier alpha value is 0.270. The van der Waals surface area contributed by atoms with Crippen molar-refractivity contribution in [3.05, 3.63) is 0 Å². The summed E-state index contributed by atoms with van der Waals surface area (Å²) in [6.07, 6.45) is 2.67. The van der Waals surface area contributed by atoms with Crippen molar-refractivity contribution in [3.8, 4) is 0 Å². The third-order valence-electron chi connectivity index (χ3n) is 3.48. The maximum absolute atomic E-state index is 3.80. The summed E-state index contributed by atoms with van der Waals surface area (Å²) in [5, 5.41) is 7.36. The molecule has 0 aliphatic carbocycles. The standard InChI is InChI=1S/C11H22N2S/c1-8-6-14-7-11(8)13-10-4-3-9(2)12-5-10/h8-13H,3-7H2,1-2H3. The first kappa shape index (κ1) is 10.8. The third kappa shape index (κ3) is 2.65. The fourth-order valence-electron chi connectivity index (χ4n) is 2.32. The van der Waals surface area contributed by atoms with Gasteiger partial charge in [-0.25, -0.2) is 0 Å². The fraction of sp³-hybridized carbons (Fsp3) is 1.00. The lowest BCUT2D eigenvalue weighted by molar-refractivity contribution is 0.301. The number of piperidine rings is 1. The lowest BCUT2D eigenvalue weighted by Gasteiger charge is -2.31. The Bertz CT molecular complexity index is 178. The Morgan fingerprint density at radius 3 is 2.64 bits per heavy atom. The van der Waals surface area contributed by atoms with Gasteiger partial charge in [-0.2, -0.15) is 11.8 Å². The molecular weight excluding hydrogens is 192 g/mol. The monoisotopic (exact) mass is 214 g/mol. The van der Waals surface area contributed by atoms with Crippen LogP contribution in [0.5, 0.6) is 0 Å². The van der Waals surface area contributed by atoms with Crippen molar-refractivity contribution >= 4 is 11.8 Å². The molecule has 0 amide bonds. The summed E-state index contributed by atoms with van der Waals surface area (Å²) >= 11 is 2.10. The minimum atomic E-state index is 0.720. The Labute approximate surface area is 91.6 Å². The van der Waals surface area contributed by atoms with E-state index < -0.39 is 0 Å². The Morgan fingerprint density at radius 2 is 2.07 bits per heavy atom. The van der Waals surface area contributed by atoms with E-state index in [0.29, 0.717) is 0 Å². The zero-order chi connectivity index (χ0) is 9.97.